The van der Waals surface area contributed by atoms with E-state index in [2.05, 4.69) is 11.9 Å². The summed E-state index contributed by atoms with van der Waals surface area (Å²) in [5.41, 5.74) is -0.0807. The number of carboxylic acid groups (broad SMARTS) is 1. The van der Waals surface area contributed by atoms with Gasteiger partial charge in [0.05, 0.1) is 0 Å². The van der Waals surface area contributed by atoms with Crippen LogP contribution in [0.5, 0.6) is 0 Å². The van der Waals surface area contributed by atoms with Crippen molar-refractivity contribution >= 4 is 12.1 Å². The predicted molar refractivity (Wildman–Crippen MR) is 67.2 cm³/mol. The van der Waals surface area contributed by atoms with E-state index in [1.807, 2.05) is 13.8 Å². The van der Waals surface area contributed by atoms with Crippen LogP contribution in [0.2, 0.25) is 0 Å². The number of rotatable bonds is 6. The highest BCUT2D eigenvalue weighted by atomic mass is 16.5. The first kappa shape index (κ1) is 14.5. The molecular formula is C13H21NO4. The second kappa shape index (κ2) is 5.89. The van der Waals surface area contributed by atoms with Crippen LogP contribution in [0.4, 0.5) is 4.79 Å². The van der Waals surface area contributed by atoms with Crippen molar-refractivity contribution in [2.45, 2.75) is 39.2 Å². The van der Waals surface area contributed by atoms with Gasteiger partial charge in [-0.3, -0.25) is 4.79 Å². The van der Waals surface area contributed by atoms with Gasteiger partial charge < -0.3 is 15.2 Å². The van der Waals surface area contributed by atoms with Gasteiger partial charge in [0.2, 0.25) is 0 Å². The third-order valence-electron chi connectivity index (χ3n) is 3.80. The number of ether oxygens (including phenoxy) is 1. The first-order valence-electron chi connectivity index (χ1n) is 6.14. The maximum atomic E-state index is 11.4. The standard InChI is InChI=1S/C13H21NO4/c1-4-7-18-12(17)14-10-8-9(13(10,2)3)5-6-11(15)16/h4,9-10H,1,5-8H2,2-3H3,(H,14,17)(H,15,16)/t9-,10+/m0/s1. The molecule has 102 valence electrons. The van der Waals surface area contributed by atoms with Crippen LogP contribution >= 0.6 is 0 Å². The molecule has 0 aromatic carbocycles. The van der Waals surface area contributed by atoms with E-state index in [9.17, 15) is 9.59 Å². The number of alkyl carbamates (subject to hydrolysis) is 1. The minimum absolute atomic E-state index is 0.0496. The summed E-state index contributed by atoms with van der Waals surface area (Å²) in [6, 6.07) is 0.0496. The van der Waals surface area contributed by atoms with Gasteiger partial charge in [0, 0.05) is 12.5 Å². The summed E-state index contributed by atoms with van der Waals surface area (Å²) >= 11 is 0. The second-order valence-corrected chi connectivity index (χ2v) is 5.27. The van der Waals surface area contributed by atoms with Gasteiger partial charge in [-0.05, 0) is 24.2 Å². The van der Waals surface area contributed by atoms with Gasteiger partial charge in [-0.25, -0.2) is 4.79 Å². The Morgan fingerprint density at radius 2 is 2.22 bits per heavy atom. The number of carboxylic acids is 1. The van der Waals surface area contributed by atoms with Crippen LogP contribution in [0.3, 0.4) is 0 Å². The average molecular weight is 255 g/mol. The molecule has 0 aromatic heterocycles. The molecule has 0 bridgehead atoms. The number of carbonyl (C=O) groups excluding carboxylic acids is 1. The van der Waals surface area contributed by atoms with E-state index in [0.29, 0.717) is 12.3 Å². The minimum Gasteiger partial charge on any atom is -0.481 e. The maximum absolute atomic E-state index is 11.4. The molecule has 2 N–H and O–H groups in total. The summed E-state index contributed by atoms with van der Waals surface area (Å²) in [4.78, 5) is 21.9. The molecule has 2 atom stereocenters. The smallest absolute Gasteiger partial charge is 0.407 e. The van der Waals surface area contributed by atoms with Crippen molar-refractivity contribution < 1.29 is 19.4 Å². The lowest BCUT2D eigenvalue weighted by molar-refractivity contribution is -0.138. The van der Waals surface area contributed by atoms with Crippen molar-refractivity contribution in [3.05, 3.63) is 12.7 Å². The summed E-state index contributed by atoms with van der Waals surface area (Å²) in [7, 11) is 0. The fraction of sp³-hybridized carbons (Fsp3) is 0.692. The fourth-order valence-electron chi connectivity index (χ4n) is 2.37. The summed E-state index contributed by atoms with van der Waals surface area (Å²) < 4.78 is 4.86. The minimum atomic E-state index is -0.771. The zero-order valence-electron chi connectivity index (χ0n) is 10.9. The lowest BCUT2D eigenvalue weighted by Gasteiger charge is -2.52. The highest BCUT2D eigenvalue weighted by molar-refractivity contribution is 5.68. The topological polar surface area (TPSA) is 75.6 Å². The maximum Gasteiger partial charge on any atom is 0.407 e. The molecule has 5 nitrogen and oxygen atoms in total. The Morgan fingerprint density at radius 1 is 1.56 bits per heavy atom. The Labute approximate surface area is 107 Å². The van der Waals surface area contributed by atoms with Crippen molar-refractivity contribution in [2.75, 3.05) is 6.61 Å². The molecular weight excluding hydrogens is 234 g/mol. The summed E-state index contributed by atoms with van der Waals surface area (Å²) in [6.45, 7) is 7.75. The van der Waals surface area contributed by atoms with Crippen LogP contribution in [0.15, 0.2) is 12.7 Å². The summed E-state index contributed by atoms with van der Waals surface area (Å²) in [5, 5.41) is 11.5. The Balaban J connectivity index is 2.36. The number of hydrogen-bond donors (Lipinski definition) is 2. The molecule has 0 radical (unpaired) electrons. The molecule has 0 unspecified atom stereocenters. The highest BCUT2D eigenvalue weighted by Crippen LogP contribution is 2.48. The Kier molecular flexibility index (Phi) is 4.76. The van der Waals surface area contributed by atoms with Gasteiger partial charge >= 0.3 is 12.1 Å². The van der Waals surface area contributed by atoms with Gasteiger partial charge in [-0.1, -0.05) is 26.5 Å². The second-order valence-electron chi connectivity index (χ2n) is 5.27. The van der Waals surface area contributed by atoms with E-state index in [0.717, 1.165) is 6.42 Å². The first-order chi connectivity index (χ1) is 8.37. The van der Waals surface area contributed by atoms with E-state index in [1.165, 1.54) is 6.08 Å². The molecule has 1 aliphatic carbocycles. The number of nitrogens with one attached hydrogen (secondary N) is 1. The van der Waals surface area contributed by atoms with Crippen molar-refractivity contribution in [1.82, 2.24) is 5.32 Å². The summed E-state index contributed by atoms with van der Waals surface area (Å²) in [5.74, 6) is -0.439. The molecule has 5 heteroatoms. The van der Waals surface area contributed by atoms with Gasteiger partial charge in [0.15, 0.2) is 0 Å². The summed E-state index contributed by atoms with van der Waals surface area (Å²) in [6.07, 6.45) is 2.72. The average Bonchev–Trinajstić information content (AvgIpc) is 2.29. The quantitative estimate of drug-likeness (QED) is 0.713. The highest BCUT2D eigenvalue weighted by Gasteiger charge is 2.48. The van der Waals surface area contributed by atoms with Gasteiger partial charge in [0.1, 0.15) is 6.61 Å². The third kappa shape index (κ3) is 3.48. The molecule has 1 aliphatic rings. The molecule has 0 spiro atoms. The molecule has 1 rings (SSSR count). The zero-order chi connectivity index (χ0) is 13.8. The number of carbonyl (C=O) groups is 2. The normalized spacial score (nSPS) is 24.8. The molecule has 0 heterocycles. The van der Waals surface area contributed by atoms with Crippen LogP contribution in [0, 0.1) is 11.3 Å². The van der Waals surface area contributed by atoms with Crippen molar-refractivity contribution in [2.24, 2.45) is 11.3 Å². The van der Waals surface area contributed by atoms with E-state index >= 15 is 0 Å². The zero-order valence-corrected chi connectivity index (χ0v) is 10.9. The molecule has 18 heavy (non-hydrogen) atoms. The van der Waals surface area contributed by atoms with Crippen LogP contribution in [0.1, 0.15) is 33.1 Å². The first-order valence-corrected chi connectivity index (χ1v) is 6.14. The van der Waals surface area contributed by atoms with Crippen LogP contribution in [-0.4, -0.2) is 29.8 Å². The third-order valence-corrected chi connectivity index (χ3v) is 3.80. The lowest BCUT2D eigenvalue weighted by atomic mass is 9.57. The van der Waals surface area contributed by atoms with Crippen LogP contribution < -0.4 is 5.32 Å². The molecule has 0 aromatic rings. The van der Waals surface area contributed by atoms with Crippen molar-refractivity contribution in [3.63, 3.8) is 0 Å². The van der Waals surface area contributed by atoms with Gasteiger partial charge in [-0.15, -0.1) is 0 Å². The molecule has 1 fully saturated rings. The predicted octanol–water partition coefficient (Wildman–Crippen LogP) is 2.18. The van der Waals surface area contributed by atoms with E-state index in [1.54, 1.807) is 0 Å². The van der Waals surface area contributed by atoms with Gasteiger partial charge in [-0.2, -0.15) is 0 Å². The van der Waals surface area contributed by atoms with Crippen LogP contribution in [-0.2, 0) is 9.53 Å². The van der Waals surface area contributed by atoms with E-state index < -0.39 is 12.1 Å². The molecule has 0 aliphatic heterocycles. The molecule has 0 saturated heterocycles. The van der Waals surface area contributed by atoms with Crippen molar-refractivity contribution in [1.29, 1.82) is 0 Å². The number of aliphatic carboxylic acids is 1. The van der Waals surface area contributed by atoms with Crippen molar-refractivity contribution in [3.8, 4) is 0 Å². The Hall–Kier alpha value is -1.52. The monoisotopic (exact) mass is 255 g/mol. The Morgan fingerprint density at radius 3 is 2.72 bits per heavy atom. The Bertz CT molecular complexity index is 338. The fourth-order valence-corrected chi connectivity index (χ4v) is 2.37. The largest absolute Gasteiger partial charge is 0.481 e. The number of hydrogen-bond acceptors (Lipinski definition) is 3. The van der Waals surface area contributed by atoms with Crippen LogP contribution in [0.25, 0.3) is 0 Å². The molecule has 1 amide bonds. The van der Waals surface area contributed by atoms with E-state index in [4.69, 9.17) is 9.84 Å². The number of amides is 1. The van der Waals surface area contributed by atoms with Gasteiger partial charge in [0.25, 0.3) is 0 Å². The SMILES string of the molecule is C=CCOC(=O)N[C@@H]1C[C@H](CCC(=O)O)C1(C)C. The van der Waals surface area contributed by atoms with E-state index in [-0.39, 0.29) is 24.5 Å². The lowest BCUT2D eigenvalue weighted by Crippen LogP contribution is -2.58. The molecule has 1 saturated carbocycles.